The zero-order chi connectivity index (χ0) is 19.4. The van der Waals surface area contributed by atoms with E-state index in [1.807, 2.05) is 19.1 Å². The Kier molecular flexibility index (Phi) is 5.94. The van der Waals surface area contributed by atoms with Gasteiger partial charge in [-0.15, -0.1) is 0 Å². The van der Waals surface area contributed by atoms with Crippen LogP contribution in [0.15, 0.2) is 30.3 Å². The Labute approximate surface area is 155 Å². The Balaban J connectivity index is 2.06. The summed E-state index contributed by atoms with van der Waals surface area (Å²) in [4.78, 5) is 34.6. The summed E-state index contributed by atoms with van der Waals surface area (Å²) in [5.41, 5.74) is 2.55. The lowest BCUT2D eigenvalue weighted by atomic mass is 10.00. The van der Waals surface area contributed by atoms with Gasteiger partial charge in [-0.3, -0.25) is 14.9 Å². The minimum absolute atomic E-state index is 0.0249. The fraction of sp³-hybridized carbons (Fsp3) is 0.222. The van der Waals surface area contributed by atoms with Crippen LogP contribution in [0.4, 0.5) is 11.4 Å². The number of anilines is 1. The number of esters is 1. The molecular formula is C18H17ClN2O5. The van der Waals surface area contributed by atoms with Crippen LogP contribution in [0.2, 0.25) is 5.02 Å². The van der Waals surface area contributed by atoms with E-state index in [0.29, 0.717) is 5.56 Å². The molecule has 0 spiro atoms. The molecule has 0 atom stereocenters. The molecule has 0 saturated heterocycles. The van der Waals surface area contributed by atoms with Crippen molar-refractivity contribution >= 4 is 34.9 Å². The lowest BCUT2D eigenvalue weighted by Gasteiger charge is -2.11. The highest BCUT2D eigenvalue weighted by atomic mass is 35.5. The molecule has 0 saturated carbocycles. The van der Waals surface area contributed by atoms with Gasteiger partial charge in [0.25, 0.3) is 11.6 Å². The second-order valence-corrected chi connectivity index (χ2v) is 6.25. The molecule has 2 aromatic carbocycles. The molecule has 0 aliphatic heterocycles. The van der Waals surface area contributed by atoms with E-state index in [1.165, 1.54) is 12.1 Å². The lowest BCUT2D eigenvalue weighted by molar-refractivity contribution is -0.383. The summed E-state index contributed by atoms with van der Waals surface area (Å²) >= 11 is 5.72. The van der Waals surface area contributed by atoms with Crippen molar-refractivity contribution < 1.29 is 19.2 Å². The summed E-state index contributed by atoms with van der Waals surface area (Å²) < 4.78 is 5.04. The summed E-state index contributed by atoms with van der Waals surface area (Å²) in [5, 5.41) is 13.5. The van der Waals surface area contributed by atoms with Crippen molar-refractivity contribution in [2.75, 3.05) is 11.9 Å². The first-order valence-corrected chi connectivity index (χ1v) is 8.05. The van der Waals surface area contributed by atoms with Gasteiger partial charge in [0.05, 0.1) is 10.5 Å². The van der Waals surface area contributed by atoms with Crippen LogP contribution in [0.1, 0.15) is 27.0 Å². The van der Waals surface area contributed by atoms with Crippen molar-refractivity contribution in [3.63, 3.8) is 0 Å². The average Bonchev–Trinajstić information content (AvgIpc) is 2.53. The maximum absolute atomic E-state index is 12.2. The van der Waals surface area contributed by atoms with Gasteiger partial charge in [0, 0.05) is 11.1 Å². The number of nitrogens with one attached hydrogen (secondary N) is 1. The van der Waals surface area contributed by atoms with Gasteiger partial charge in [0.1, 0.15) is 5.69 Å². The third kappa shape index (κ3) is 4.58. The minimum atomic E-state index is -0.689. The topological polar surface area (TPSA) is 98.5 Å². The van der Waals surface area contributed by atoms with Gasteiger partial charge in [0.2, 0.25) is 0 Å². The molecule has 7 nitrogen and oxygen atoms in total. The van der Waals surface area contributed by atoms with E-state index in [0.717, 1.165) is 22.8 Å². The normalized spacial score (nSPS) is 10.3. The molecule has 0 bridgehead atoms. The van der Waals surface area contributed by atoms with E-state index in [2.05, 4.69) is 5.32 Å². The Bertz CT molecular complexity index is 872. The number of ether oxygens (including phenoxy) is 1. The monoisotopic (exact) mass is 376 g/mol. The predicted molar refractivity (Wildman–Crippen MR) is 97.7 cm³/mol. The van der Waals surface area contributed by atoms with Crippen molar-refractivity contribution in [3.8, 4) is 0 Å². The van der Waals surface area contributed by atoms with Crippen LogP contribution >= 0.6 is 11.6 Å². The molecule has 2 aromatic rings. The Morgan fingerprint density at radius 3 is 2.35 bits per heavy atom. The highest BCUT2D eigenvalue weighted by molar-refractivity contribution is 6.31. The predicted octanol–water partition coefficient (Wildman–Crippen LogP) is 3.97. The highest BCUT2D eigenvalue weighted by Crippen LogP contribution is 2.27. The van der Waals surface area contributed by atoms with Gasteiger partial charge in [-0.05, 0) is 44.0 Å². The van der Waals surface area contributed by atoms with Crippen LogP contribution in [0.25, 0.3) is 0 Å². The standard InChI is InChI=1S/C18H17ClN2O5/c1-10-6-11(2)17(12(3)7-10)18(23)26-9-16(22)20-14-5-4-13(19)8-15(14)21(24)25/h4-8H,9H2,1-3H3,(H,20,22). The summed E-state index contributed by atoms with van der Waals surface area (Å²) in [6.45, 7) is 4.93. The van der Waals surface area contributed by atoms with Crippen molar-refractivity contribution in [1.82, 2.24) is 0 Å². The molecule has 0 aliphatic rings. The zero-order valence-electron chi connectivity index (χ0n) is 14.5. The summed E-state index contributed by atoms with van der Waals surface area (Å²) in [6, 6.07) is 7.55. The molecule has 1 amide bonds. The second-order valence-electron chi connectivity index (χ2n) is 5.82. The molecule has 136 valence electrons. The maximum Gasteiger partial charge on any atom is 0.339 e. The number of aryl methyl sites for hydroxylation is 3. The number of carbonyl (C=O) groups excluding carboxylic acids is 2. The van der Waals surface area contributed by atoms with Gasteiger partial charge in [-0.25, -0.2) is 4.79 Å². The molecule has 1 N–H and O–H groups in total. The molecule has 0 aromatic heterocycles. The first kappa shape index (κ1) is 19.4. The number of halogens is 1. The number of nitro groups is 1. The van der Waals surface area contributed by atoms with Crippen molar-refractivity contribution in [2.24, 2.45) is 0 Å². The van der Waals surface area contributed by atoms with E-state index >= 15 is 0 Å². The van der Waals surface area contributed by atoms with Crippen molar-refractivity contribution in [3.05, 3.63) is 67.7 Å². The maximum atomic E-state index is 12.2. The minimum Gasteiger partial charge on any atom is -0.452 e. The summed E-state index contributed by atoms with van der Waals surface area (Å²) in [6.07, 6.45) is 0. The zero-order valence-corrected chi connectivity index (χ0v) is 15.2. The van der Waals surface area contributed by atoms with Gasteiger partial charge >= 0.3 is 5.97 Å². The Morgan fingerprint density at radius 2 is 1.77 bits per heavy atom. The molecule has 0 aliphatic carbocycles. The first-order chi connectivity index (χ1) is 12.2. The van der Waals surface area contributed by atoms with Crippen LogP contribution in [0.3, 0.4) is 0 Å². The third-order valence-electron chi connectivity index (χ3n) is 3.65. The van der Waals surface area contributed by atoms with E-state index in [9.17, 15) is 19.7 Å². The first-order valence-electron chi connectivity index (χ1n) is 7.68. The largest absolute Gasteiger partial charge is 0.452 e. The van der Waals surface area contributed by atoms with Crippen LogP contribution < -0.4 is 5.32 Å². The molecule has 0 heterocycles. The number of nitrogens with zero attached hydrogens (tertiary/aromatic N) is 1. The van der Waals surface area contributed by atoms with Gasteiger partial charge < -0.3 is 10.1 Å². The lowest BCUT2D eigenvalue weighted by Crippen LogP contribution is -2.22. The van der Waals surface area contributed by atoms with E-state index < -0.39 is 23.4 Å². The van der Waals surface area contributed by atoms with E-state index in [-0.39, 0.29) is 16.4 Å². The Hall–Kier alpha value is -2.93. The van der Waals surface area contributed by atoms with Gasteiger partial charge in [-0.1, -0.05) is 29.3 Å². The molecular weight excluding hydrogens is 360 g/mol. The van der Waals surface area contributed by atoms with Crippen LogP contribution in [0.5, 0.6) is 0 Å². The number of hydrogen-bond donors (Lipinski definition) is 1. The van der Waals surface area contributed by atoms with Crippen LogP contribution in [-0.2, 0) is 9.53 Å². The molecule has 0 radical (unpaired) electrons. The number of benzene rings is 2. The number of hydrogen-bond acceptors (Lipinski definition) is 5. The number of nitro benzene ring substituents is 1. The molecule has 0 unspecified atom stereocenters. The average molecular weight is 377 g/mol. The Morgan fingerprint density at radius 1 is 1.15 bits per heavy atom. The molecule has 26 heavy (non-hydrogen) atoms. The molecule has 2 rings (SSSR count). The van der Waals surface area contributed by atoms with E-state index in [1.54, 1.807) is 13.8 Å². The number of carbonyl (C=O) groups is 2. The fourth-order valence-corrected chi connectivity index (χ4v) is 2.82. The quantitative estimate of drug-likeness (QED) is 0.483. The van der Waals surface area contributed by atoms with Crippen molar-refractivity contribution in [2.45, 2.75) is 20.8 Å². The van der Waals surface area contributed by atoms with E-state index in [4.69, 9.17) is 16.3 Å². The summed E-state index contributed by atoms with van der Waals surface area (Å²) in [7, 11) is 0. The van der Waals surface area contributed by atoms with Gasteiger partial charge in [0.15, 0.2) is 6.61 Å². The smallest absolute Gasteiger partial charge is 0.339 e. The van der Waals surface area contributed by atoms with Crippen molar-refractivity contribution in [1.29, 1.82) is 0 Å². The summed E-state index contributed by atoms with van der Waals surface area (Å²) in [5.74, 6) is -1.31. The number of amides is 1. The molecule has 0 fully saturated rings. The highest BCUT2D eigenvalue weighted by Gasteiger charge is 2.19. The SMILES string of the molecule is Cc1cc(C)c(C(=O)OCC(=O)Nc2ccc(Cl)cc2[N+](=O)[O-])c(C)c1. The number of rotatable bonds is 5. The van der Waals surface area contributed by atoms with Crippen LogP contribution in [-0.4, -0.2) is 23.4 Å². The van der Waals surface area contributed by atoms with Gasteiger partial charge in [-0.2, -0.15) is 0 Å². The third-order valence-corrected chi connectivity index (χ3v) is 3.88. The fourth-order valence-electron chi connectivity index (χ4n) is 2.65. The molecule has 8 heteroatoms. The van der Waals surface area contributed by atoms with Crippen LogP contribution in [0, 0.1) is 30.9 Å². The second kappa shape index (κ2) is 7.97.